The van der Waals surface area contributed by atoms with E-state index in [9.17, 15) is 14.6 Å². The summed E-state index contributed by atoms with van der Waals surface area (Å²) in [6, 6.07) is 5.81. The molecule has 0 heterocycles. The quantitative estimate of drug-likeness (QED) is 0.811. The highest BCUT2D eigenvalue weighted by Gasteiger charge is 2.03. The fourth-order valence-corrected chi connectivity index (χ4v) is 1.14. The summed E-state index contributed by atoms with van der Waals surface area (Å²) in [4.78, 5) is 9.18. The standard InChI is InChI=1S/C10H14O.CH3O3P/c1-7(2)9-5-4-8(3)6-10(9)11;1-4-5(2)3/h4-7,11H,1-3H3;1H3. The Labute approximate surface area is 96.8 Å². The Bertz CT molecular complexity index is 350. The second kappa shape index (κ2) is 7.34. The molecule has 0 saturated carbocycles. The average molecular weight is 244 g/mol. The van der Waals surface area contributed by atoms with E-state index in [4.69, 9.17) is 0 Å². The van der Waals surface area contributed by atoms with Crippen molar-refractivity contribution in [3.8, 4) is 5.75 Å². The summed E-state index contributed by atoms with van der Waals surface area (Å²) in [7, 11) is -1.50. The summed E-state index contributed by atoms with van der Waals surface area (Å²) < 4.78 is 12.9. The van der Waals surface area contributed by atoms with E-state index in [1.54, 1.807) is 6.07 Å². The molecule has 16 heavy (non-hydrogen) atoms. The van der Waals surface area contributed by atoms with Gasteiger partial charge in [0.15, 0.2) is 0 Å². The summed E-state index contributed by atoms with van der Waals surface area (Å²) in [5.74, 6) is 0.815. The zero-order valence-corrected chi connectivity index (χ0v) is 10.8. The normalized spacial score (nSPS) is 10.8. The molecule has 0 fully saturated rings. The Morgan fingerprint density at radius 3 is 2.25 bits per heavy atom. The molecule has 0 aromatic heterocycles. The summed E-state index contributed by atoms with van der Waals surface area (Å²) >= 11 is 0. The molecule has 1 aromatic carbocycles. The van der Waals surface area contributed by atoms with Crippen LogP contribution in [0.1, 0.15) is 30.9 Å². The Balaban J connectivity index is 0.000000385. The van der Waals surface area contributed by atoms with Crippen LogP contribution in [0, 0.1) is 6.92 Å². The van der Waals surface area contributed by atoms with Gasteiger partial charge in [-0.2, -0.15) is 4.52 Å². The van der Waals surface area contributed by atoms with Crippen LogP contribution in [0.15, 0.2) is 18.2 Å². The van der Waals surface area contributed by atoms with E-state index in [0.29, 0.717) is 11.7 Å². The van der Waals surface area contributed by atoms with Gasteiger partial charge in [-0.3, -0.25) is 0 Å². The molecule has 1 atom stereocenters. The van der Waals surface area contributed by atoms with Gasteiger partial charge in [-0.15, -0.1) is 0 Å². The summed E-state index contributed by atoms with van der Waals surface area (Å²) in [5.41, 5.74) is 2.13. The van der Waals surface area contributed by atoms with Gasteiger partial charge in [-0.25, -0.2) is 0 Å². The number of aryl methyl sites for hydroxylation is 1. The number of hydrogen-bond donors (Lipinski definition) is 1. The van der Waals surface area contributed by atoms with E-state index in [2.05, 4.69) is 18.4 Å². The molecule has 1 rings (SSSR count). The molecule has 0 radical (unpaired) electrons. The Kier molecular flexibility index (Phi) is 6.90. The topological polar surface area (TPSA) is 69.6 Å². The lowest BCUT2D eigenvalue weighted by atomic mass is 10.0. The molecule has 0 spiro atoms. The minimum absolute atomic E-state index is 0.399. The third-order valence-electron chi connectivity index (χ3n) is 1.96. The van der Waals surface area contributed by atoms with Gasteiger partial charge in [0, 0.05) is 0 Å². The van der Waals surface area contributed by atoms with Crippen molar-refractivity contribution in [3.05, 3.63) is 29.3 Å². The minimum atomic E-state index is -2.60. The van der Waals surface area contributed by atoms with E-state index in [-0.39, 0.29) is 0 Å². The van der Waals surface area contributed by atoms with E-state index in [1.165, 1.54) is 0 Å². The van der Waals surface area contributed by atoms with Crippen molar-refractivity contribution in [2.75, 3.05) is 7.11 Å². The van der Waals surface area contributed by atoms with Crippen molar-refractivity contribution in [1.82, 2.24) is 0 Å². The average Bonchev–Trinajstić information content (AvgIpc) is 2.17. The first-order chi connectivity index (χ1) is 7.38. The van der Waals surface area contributed by atoms with Crippen LogP contribution < -0.4 is 4.89 Å². The van der Waals surface area contributed by atoms with E-state index >= 15 is 0 Å². The molecular weight excluding hydrogens is 227 g/mol. The molecular formula is C11H17O4P. The first kappa shape index (κ1) is 15.0. The monoisotopic (exact) mass is 244 g/mol. The highest BCUT2D eigenvalue weighted by atomic mass is 31.1. The second-order valence-corrected chi connectivity index (χ2v) is 4.44. The van der Waals surface area contributed by atoms with Gasteiger partial charge in [-0.05, 0) is 34.6 Å². The summed E-state index contributed by atoms with van der Waals surface area (Å²) in [6.07, 6.45) is 0. The number of phenols is 1. The molecule has 0 aliphatic heterocycles. The molecule has 90 valence electrons. The first-order valence-corrected chi connectivity index (χ1v) is 5.96. The van der Waals surface area contributed by atoms with Gasteiger partial charge in [0.1, 0.15) is 5.75 Å². The lowest BCUT2D eigenvalue weighted by molar-refractivity contribution is -0.183. The van der Waals surface area contributed by atoms with Gasteiger partial charge in [-0.1, -0.05) is 26.0 Å². The first-order valence-electron chi connectivity index (χ1n) is 4.86. The second-order valence-electron chi connectivity index (χ2n) is 3.62. The van der Waals surface area contributed by atoms with Gasteiger partial charge in [0.25, 0.3) is 0 Å². The van der Waals surface area contributed by atoms with Crippen LogP contribution >= 0.6 is 8.25 Å². The van der Waals surface area contributed by atoms with E-state index < -0.39 is 8.25 Å². The van der Waals surface area contributed by atoms with Crippen LogP contribution in [0.3, 0.4) is 0 Å². The molecule has 0 saturated heterocycles. The predicted octanol–water partition coefficient (Wildman–Crippen LogP) is 2.47. The Morgan fingerprint density at radius 2 is 1.94 bits per heavy atom. The summed E-state index contributed by atoms with van der Waals surface area (Å²) in [6.45, 7) is 6.12. The molecule has 1 unspecified atom stereocenters. The van der Waals surface area contributed by atoms with Gasteiger partial charge in [0.05, 0.1) is 7.11 Å². The lowest BCUT2D eigenvalue weighted by Gasteiger charge is -2.07. The predicted molar refractivity (Wildman–Crippen MR) is 61.5 cm³/mol. The molecule has 0 aliphatic rings. The highest BCUT2D eigenvalue weighted by molar-refractivity contribution is 7.30. The maximum absolute atomic E-state index is 9.46. The van der Waals surface area contributed by atoms with Gasteiger partial charge < -0.3 is 10.00 Å². The van der Waals surface area contributed by atoms with Crippen LogP contribution in [-0.4, -0.2) is 12.2 Å². The van der Waals surface area contributed by atoms with Crippen LogP contribution in [0.25, 0.3) is 0 Å². The Morgan fingerprint density at radius 1 is 1.44 bits per heavy atom. The third-order valence-corrected chi connectivity index (χ3v) is 2.26. The fraction of sp³-hybridized carbons (Fsp3) is 0.455. The van der Waals surface area contributed by atoms with Gasteiger partial charge >= 0.3 is 8.25 Å². The molecule has 5 heteroatoms. The van der Waals surface area contributed by atoms with Crippen LogP contribution in [0.4, 0.5) is 0 Å². The number of rotatable bonds is 2. The SMILES string of the molecule is CO[P+](=O)[O-].Cc1ccc(C(C)C)c(O)c1. The largest absolute Gasteiger partial charge is 0.566 e. The molecule has 0 amide bonds. The van der Waals surface area contributed by atoms with Crippen molar-refractivity contribution in [2.45, 2.75) is 26.7 Å². The van der Waals surface area contributed by atoms with Crippen molar-refractivity contribution < 1.29 is 19.1 Å². The number of benzene rings is 1. The lowest BCUT2D eigenvalue weighted by Crippen LogP contribution is -1.87. The van der Waals surface area contributed by atoms with Gasteiger partial charge in [0.2, 0.25) is 0 Å². The van der Waals surface area contributed by atoms with Crippen molar-refractivity contribution in [2.24, 2.45) is 0 Å². The zero-order chi connectivity index (χ0) is 12.7. The molecule has 4 nitrogen and oxygen atoms in total. The molecule has 0 bridgehead atoms. The molecule has 1 N–H and O–H groups in total. The minimum Gasteiger partial charge on any atom is -0.566 e. The van der Waals surface area contributed by atoms with E-state index in [1.807, 2.05) is 19.1 Å². The zero-order valence-electron chi connectivity index (χ0n) is 9.93. The van der Waals surface area contributed by atoms with Crippen molar-refractivity contribution in [3.63, 3.8) is 0 Å². The number of aromatic hydroxyl groups is 1. The number of phenolic OH excluding ortho intramolecular Hbond substituents is 1. The maximum Gasteiger partial charge on any atom is 0.488 e. The van der Waals surface area contributed by atoms with Crippen molar-refractivity contribution >= 4 is 8.25 Å². The van der Waals surface area contributed by atoms with Crippen molar-refractivity contribution in [1.29, 1.82) is 0 Å². The number of hydrogen-bond acceptors (Lipinski definition) is 4. The summed E-state index contributed by atoms with van der Waals surface area (Å²) in [5, 5.41) is 9.46. The van der Waals surface area contributed by atoms with Crippen LogP contribution in [0.2, 0.25) is 0 Å². The molecule has 0 aliphatic carbocycles. The van der Waals surface area contributed by atoms with Crippen LogP contribution in [-0.2, 0) is 9.09 Å². The molecule has 1 aromatic rings. The smallest absolute Gasteiger partial charge is 0.488 e. The van der Waals surface area contributed by atoms with Crippen LogP contribution in [0.5, 0.6) is 5.75 Å². The maximum atomic E-state index is 9.46. The fourth-order valence-electron chi connectivity index (χ4n) is 1.14. The third kappa shape index (κ3) is 5.81. The Hall–Kier alpha value is -0.960. The highest BCUT2D eigenvalue weighted by Crippen LogP contribution is 2.25. The van der Waals surface area contributed by atoms with E-state index in [0.717, 1.165) is 18.2 Å².